The summed E-state index contributed by atoms with van der Waals surface area (Å²) in [5.74, 6) is 0. The Kier molecular flexibility index (Phi) is 4.20. The van der Waals surface area contributed by atoms with Gasteiger partial charge in [-0.3, -0.25) is 0 Å². The lowest BCUT2D eigenvalue weighted by Gasteiger charge is -2.26. The second kappa shape index (κ2) is 5.20. The maximum absolute atomic E-state index is 11.7. The van der Waals surface area contributed by atoms with E-state index in [1.165, 1.54) is 0 Å². The Morgan fingerprint density at radius 3 is 2.64 bits per heavy atom. The number of nitrogens with zero attached hydrogens (tertiary/aromatic N) is 1. The summed E-state index contributed by atoms with van der Waals surface area (Å²) in [4.78, 5) is 13.5. The minimum Gasteiger partial charge on any atom is -0.383 e. The fourth-order valence-corrected chi connectivity index (χ4v) is 1.27. The zero-order valence-corrected chi connectivity index (χ0v) is 9.25. The number of ether oxygens (including phenoxy) is 1. The van der Waals surface area contributed by atoms with E-state index in [2.05, 4.69) is 5.32 Å². The van der Waals surface area contributed by atoms with Gasteiger partial charge in [-0.2, -0.15) is 0 Å². The molecule has 1 fully saturated rings. The number of rotatable bonds is 5. The van der Waals surface area contributed by atoms with Crippen molar-refractivity contribution in [1.29, 1.82) is 0 Å². The van der Waals surface area contributed by atoms with Crippen LogP contribution in [0.15, 0.2) is 0 Å². The smallest absolute Gasteiger partial charge is 0.317 e. The SMILES string of the molecule is COCCN(C(=O)NC1CC1)C(C)C. The molecule has 0 heterocycles. The fraction of sp³-hybridized carbons (Fsp3) is 0.900. The Morgan fingerprint density at radius 2 is 2.21 bits per heavy atom. The highest BCUT2D eigenvalue weighted by Crippen LogP contribution is 2.19. The van der Waals surface area contributed by atoms with E-state index in [1.807, 2.05) is 18.7 Å². The van der Waals surface area contributed by atoms with E-state index in [1.54, 1.807) is 7.11 Å². The van der Waals surface area contributed by atoms with Gasteiger partial charge < -0.3 is 15.0 Å². The lowest BCUT2D eigenvalue weighted by molar-refractivity contribution is 0.136. The van der Waals surface area contributed by atoms with Crippen LogP contribution in [0.1, 0.15) is 26.7 Å². The molecule has 1 N–H and O–H groups in total. The third-order valence-electron chi connectivity index (χ3n) is 2.33. The van der Waals surface area contributed by atoms with Gasteiger partial charge in [0.1, 0.15) is 0 Å². The number of hydrogen-bond donors (Lipinski definition) is 1. The van der Waals surface area contributed by atoms with Gasteiger partial charge in [0.15, 0.2) is 0 Å². The molecule has 1 aliphatic rings. The molecule has 1 aliphatic carbocycles. The highest BCUT2D eigenvalue weighted by molar-refractivity contribution is 5.75. The summed E-state index contributed by atoms with van der Waals surface area (Å²) >= 11 is 0. The van der Waals surface area contributed by atoms with Crippen LogP contribution in [0.4, 0.5) is 4.79 Å². The molecular weight excluding hydrogens is 180 g/mol. The molecule has 0 atom stereocenters. The average Bonchev–Trinajstić information content (AvgIpc) is 2.88. The molecule has 82 valence electrons. The van der Waals surface area contributed by atoms with E-state index in [0.29, 0.717) is 19.2 Å². The summed E-state index contributed by atoms with van der Waals surface area (Å²) in [6.07, 6.45) is 2.25. The van der Waals surface area contributed by atoms with Gasteiger partial charge in [0.25, 0.3) is 0 Å². The van der Waals surface area contributed by atoms with Crippen molar-refractivity contribution < 1.29 is 9.53 Å². The fourth-order valence-electron chi connectivity index (χ4n) is 1.27. The van der Waals surface area contributed by atoms with Gasteiger partial charge in [0.05, 0.1) is 6.61 Å². The second-order valence-corrected chi connectivity index (χ2v) is 4.00. The molecule has 0 bridgehead atoms. The maximum Gasteiger partial charge on any atom is 0.317 e. The first-order valence-electron chi connectivity index (χ1n) is 5.21. The highest BCUT2D eigenvalue weighted by atomic mass is 16.5. The Balaban J connectivity index is 2.34. The normalized spacial score (nSPS) is 15.7. The molecule has 0 saturated heterocycles. The maximum atomic E-state index is 11.7. The monoisotopic (exact) mass is 200 g/mol. The molecule has 0 unspecified atom stereocenters. The predicted molar refractivity (Wildman–Crippen MR) is 55.3 cm³/mol. The molecule has 0 aromatic heterocycles. The van der Waals surface area contributed by atoms with Crippen molar-refractivity contribution in [2.24, 2.45) is 0 Å². The van der Waals surface area contributed by atoms with Crippen LogP contribution in [0.2, 0.25) is 0 Å². The van der Waals surface area contributed by atoms with Gasteiger partial charge in [0, 0.05) is 25.7 Å². The lowest BCUT2D eigenvalue weighted by atomic mass is 10.3. The first-order chi connectivity index (χ1) is 6.65. The molecule has 4 heteroatoms. The molecule has 1 rings (SSSR count). The van der Waals surface area contributed by atoms with Crippen LogP contribution in [0.25, 0.3) is 0 Å². The zero-order valence-electron chi connectivity index (χ0n) is 9.25. The minimum atomic E-state index is 0.0413. The number of nitrogens with one attached hydrogen (secondary N) is 1. The van der Waals surface area contributed by atoms with Crippen LogP contribution in [0, 0.1) is 0 Å². The van der Waals surface area contributed by atoms with Gasteiger partial charge in [-0.1, -0.05) is 0 Å². The molecule has 14 heavy (non-hydrogen) atoms. The van der Waals surface area contributed by atoms with Gasteiger partial charge in [-0.15, -0.1) is 0 Å². The molecule has 1 saturated carbocycles. The van der Waals surface area contributed by atoms with E-state index in [9.17, 15) is 4.79 Å². The quantitative estimate of drug-likeness (QED) is 0.725. The van der Waals surface area contributed by atoms with Crippen molar-refractivity contribution in [3.63, 3.8) is 0 Å². The number of hydrogen-bond acceptors (Lipinski definition) is 2. The van der Waals surface area contributed by atoms with Gasteiger partial charge in [-0.05, 0) is 26.7 Å². The Labute approximate surface area is 85.6 Å². The van der Waals surface area contributed by atoms with Crippen LogP contribution in [-0.2, 0) is 4.74 Å². The van der Waals surface area contributed by atoms with Crippen molar-refractivity contribution in [1.82, 2.24) is 10.2 Å². The zero-order chi connectivity index (χ0) is 10.6. The summed E-state index contributed by atoms with van der Waals surface area (Å²) in [6.45, 7) is 5.28. The van der Waals surface area contributed by atoms with Crippen LogP contribution >= 0.6 is 0 Å². The first-order valence-corrected chi connectivity index (χ1v) is 5.21. The average molecular weight is 200 g/mol. The standard InChI is InChI=1S/C10H20N2O2/c1-8(2)12(6-7-14-3)10(13)11-9-4-5-9/h8-9H,4-7H2,1-3H3,(H,11,13). The number of methoxy groups -OCH3 is 1. The summed E-state index contributed by atoms with van der Waals surface area (Å²) in [5.41, 5.74) is 0. The Morgan fingerprint density at radius 1 is 1.57 bits per heavy atom. The summed E-state index contributed by atoms with van der Waals surface area (Å²) in [7, 11) is 1.65. The number of carbonyl (C=O) groups is 1. The molecule has 0 aliphatic heterocycles. The molecule has 4 nitrogen and oxygen atoms in total. The van der Waals surface area contributed by atoms with Gasteiger partial charge in [-0.25, -0.2) is 4.79 Å². The third kappa shape index (κ3) is 3.54. The molecular formula is C10H20N2O2. The van der Waals surface area contributed by atoms with Crippen LogP contribution in [0.5, 0.6) is 0 Å². The van der Waals surface area contributed by atoms with E-state index in [4.69, 9.17) is 4.74 Å². The van der Waals surface area contributed by atoms with E-state index in [-0.39, 0.29) is 12.1 Å². The second-order valence-electron chi connectivity index (χ2n) is 4.00. The van der Waals surface area contributed by atoms with Crippen LogP contribution in [0.3, 0.4) is 0 Å². The van der Waals surface area contributed by atoms with Gasteiger partial charge in [0.2, 0.25) is 0 Å². The van der Waals surface area contributed by atoms with Crippen molar-refractivity contribution >= 4 is 6.03 Å². The molecule has 0 aromatic carbocycles. The van der Waals surface area contributed by atoms with Crippen molar-refractivity contribution in [2.45, 2.75) is 38.8 Å². The molecule has 0 spiro atoms. The predicted octanol–water partition coefficient (Wildman–Crippen LogP) is 1.22. The molecule has 0 radical (unpaired) electrons. The van der Waals surface area contributed by atoms with Crippen LogP contribution in [-0.4, -0.2) is 43.3 Å². The number of amides is 2. The van der Waals surface area contributed by atoms with Crippen molar-refractivity contribution in [3.05, 3.63) is 0 Å². The lowest BCUT2D eigenvalue weighted by Crippen LogP contribution is -2.46. The van der Waals surface area contributed by atoms with Crippen molar-refractivity contribution in [3.8, 4) is 0 Å². The summed E-state index contributed by atoms with van der Waals surface area (Å²) in [6, 6.07) is 0.690. The van der Waals surface area contributed by atoms with E-state index >= 15 is 0 Å². The largest absolute Gasteiger partial charge is 0.383 e. The van der Waals surface area contributed by atoms with Crippen LogP contribution < -0.4 is 5.32 Å². The number of carbonyl (C=O) groups excluding carboxylic acids is 1. The highest BCUT2D eigenvalue weighted by Gasteiger charge is 2.26. The van der Waals surface area contributed by atoms with E-state index in [0.717, 1.165) is 12.8 Å². The molecule has 2 amide bonds. The first kappa shape index (κ1) is 11.3. The Bertz CT molecular complexity index is 191. The third-order valence-corrected chi connectivity index (χ3v) is 2.33. The molecule has 0 aromatic rings. The Hall–Kier alpha value is -0.770. The summed E-state index contributed by atoms with van der Waals surface area (Å²) < 4.78 is 4.97. The van der Waals surface area contributed by atoms with E-state index < -0.39 is 0 Å². The number of urea groups is 1. The minimum absolute atomic E-state index is 0.0413. The summed E-state index contributed by atoms with van der Waals surface area (Å²) in [5, 5.41) is 2.98. The van der Waals surface area contributed by atoms with Gasteiger partial charge >= 0.3 is 6.03 Å². The van der Waals surface area contributed by atoms with Crippen molar-refractivity contribution in [2.75, 3.05) is 20.3 Å². The topological polar surface area (TPSA) is 41.6 Å².